The van der Waals surface area contributed by atoms with E-state index in [1.807, 2.05) is 14.0 Å². The maximum absolute atomic E-state index is 11.1. The predicted octanol–water partition coefficient (Wildman–Crippen LogP) is 1.16. The molecule has 0 radical (unpaired) electrons. The highest BCUT2D eigenvalue weighted by Crippen LogP contribution is 2.12. The van der Waals surface area contributed by atoms with Crippen molar-refractivity contribution in [2.75, 3.05) is 12.0 Å². The second kappa shape index (κ2) is 5.23. The van der Waals surface area contributed by atoms with E-state index in [1.165, 1.54) is 23.2 Å². The molecule has 1 atom stereocenters. The lowest BCUT2D eigenvalue weighted by Crippen LogP contribution is -2.32. The third-order valence-electron chi connectivity index (χ3n) is 3.07. The average molecular weight is 258 g/mol. The summed E-state index contributed by atoms with van der Waals surface area (Å²) < 4.78 is 24.4. The van der Waals surface area contributed by atoms with Gasteiger partial charge in [-0.2, -0.15) is 0 Å². The second-order valence-electron chi connectivity index (χ2n) is 4.83. The molecular weight excluding hydrogens is 236 g/mol. The standard InChI is InChI=1S/C12H22N2O2S/c1-9(8-17(5,15)16)13-7-12-6-10(2)14(4)11(12)3/h6,9,13H,7-8H2,1-5H3. The molecule has 1 N–H and O–H groups in total. The smallest absolute Gasteiger partial charge is 0.148 e. The van der Waals surface area contributed by atoms with Crippen LogP contribution in [0.15, 0.2) is 6.07 Å². The summed E-state index contributed by atoms with van der Waals surface area (Å²) in [7, 11) is -0.873. The van der Waals surface area contributed by atoms with Gasteiger partial charge in [0.05, 0.1) is 5.75 Å². The van der Waals surface area contributed by atoms with Gasteiger partial charge in [-0.05, 0) is 32.4 Å². The van der Waals surface area contributed by atoms with Crippen molar-refractivity contribution in [1.29, 1.82) is 0 Å². The molecule has 0 aliphatic rings. The first-order valence-electron chi connectivity index (χ1n) is 5.73. The summed E-state index contributed by atoms with van der Waals surface area (Å²) in [4.78, 5) is 0. The highest BCUT2D eigenvalue weighted by atomic mass is 32.2. The van der Waals surface area contributed by atoms with Gasteiger partial charge in [-0.25, -0.2) is 8.42 Å². The Balaban J connectivity index is 2.59. The quantitative estimate of drug-likeness (QED) is 0.862. The number of sulfone groups is 1. The minimum Gasteiger partial charge on any atom is -0.352 e. The molecule has 0 aromatic carbocycles. The average Bonchev–Trinajstić information content (AvgIpc) is 2.40. The molecule has 1 heterocycles. The van der Waals surface area contributed by atoms with Crippen molar-refractivity contribution in [1.82, 2.24) is 9.88 Å². The molecule has 1 rings (SSSR count). The van der Waals surface area contributed by atoms with E-state index < -0.39 is 9.84 Å². The van der Waals surface area contributed by atoms with Gasteiger partial charge in [-0.1, -0.05) is 0 Å². The molecule has 0 aliphatic heterocycles. The molecule has 1 unspecified atom stereocenters. The molecule has 1 aromatic rings. The van der Waals surface area contributed by atoms with Gasteiger partial charge in [0, 0.05) is 37.3 Å². The summed E-state index contributed by atoms with van der Waals surface area (Å²) in [6.07, 6.45) is 1.27. The molecule has 5 heteroatoms. The molecule has 0 saturated carbocycles. The van der Waals surface area contributed by atoms with Crippen LogP contribution in [0, 0.1) is 13.8 Å². The van der Waals surface area contributed by atoms with Crippen LogP contribution in [-0.2, 0) is 23.4 Å². The zero-order valence-electron chi connectivity index (χ0n) is 11.2. The Kier molecular flexibility index (Phi) is 4.38. The number of aryl methyl sites for hydroxylation is 1. The molecule has 0 spiro atoms. The number of hydrogen-bond donors (Lipinski definition) is 1. The Labute approximate surface area is 104 Å². The number of nitrogens with one attached hydrogen (secondary N) is 1. The fourth-order valence-corrected chi connectivity index (χ4v) is 2.94. The normalized spacial score (nSPS) is 13.9. The molecule has 17 heavy (non-hydrogen) atoms. The lowest BCUT2D eigenvalue weighted by Gasteiger charge is -2.12. The topological polar surface area (TPSA) is 51.1 Å². The van der Waals surface area contributed by atoms with Crippen molar-refractivity contribution in [3.63, 3.8) is 0 Å². The Morgan fingerprint density at radius 3 is 2.41 bits per heavy atom. The molecule has 1 aromatic heterocycles. The summed E-state index contributed by atoms with van der Waals surface area (Å²) in [5, 5.41) is 3.24. The van der Waals surface area contributed by atoms with Gasteiger partial charge in [0.1, 0.15) is 9.84 Å². The van der Waals surface area contributed by atoms with E-state index in [1.54, 1.807) is 0 Å². The lowest BCUT2D eigenvalue weighted by molar-refractivity contribution is 0.559. The van der Waals surface area contributed by atoms with E-state index in [4.69, 9.17) is 0 Å². The summed E-state index contributed by atoms with van der Waals surface area (Å²) in [5.41, 5.74) is 3.67. The molecule has 98 valence electrons. The van der Waals surface area contributed by atoms with Crippen LogP contribution < -0.4 is 5.32 Å². The van der Waals surface area contributed by atoms with Gasteiger partial charge in [-0.3, -0.25) is 0 Å². The first kappa shape index (κ1) is 14.3. The van der Waals surface area contributed by atoms with Crippen molar-refractivity contribution in [3.05, 3.63) is 23.0 Å². The predicted molar refractivity (Wildman–Crippen MR) is 70.9 cm³/mol. The molecule has 4 nitrogen and oxygen atoms in total. The van der Waals surface area contributed by atoms with Crippen LogP contribution in [0.25, 0.3) is 0 Å². The molecule has 0 fully saturated rings. The van der Waals surface area contributed by atoms with E-state index in [-0.39, 0.29) is 11.8 Å². The Bertz CT molecular complexity index is 489. The van der Waals surface area contributed by atoms with Crippen molar-refractivity contribution in [2.24, 2.45) is 7.05 Å². The van der Waals surface area contributed by atoms with E-state index in [2.05, 4.69) is 29.8 Å². The van der Waals surface area contributed by atoms with Crippen molar-refractivity contribution in [3.8, 4) is 0 Å². The lowest BCUT2D eigenvalue weighted by atomic mass is 10.2. The van der Waals surface area contributed by atoms with E-state index >= 15 is 0 Å². The molecule has 0 aliphatic carbocycles. The molecule has 0 saturated heterocycles. The van der Waals surface area contributed by atoms with E-state index in [0.717, 1.165) is 0 Å². The van der Waals surface area contributed by atoms with E-state index in [9.17, 15) is 8.42 Å². The van der Waals surface area contributed by atoms with Crippen LogP contribution in [-0.4, -0.2) is 31.0 Å². The van der Waals surface area contributed by atoms with Crippen LogP contribution in [0.5, 0.6) is 0 Å². The van der Waals surface area contributed by atoms with Crippen LogP contribution in [0.3, 0.4) is 0 Å². The van der Waals surface area contributed by atoms with Gasteiger partial charge in [0.15, 0.2) is 0 Å². The van der Waals surface area contributed by atoms with Gasteiger partial charge in [0.2, 0.25) is 0 Å². The largest absolute Gasteiger partial charge is 0.352 e. The summed E-state index contributed by atoms with van der Waals surface area (Å²) in [6, 6.07) is 2.11. The molecular formula is C12H22N2O2S. The van der Waals surface area contributed by atoms with Gasteiger partial charge < -0.3 is 9.88 Å². The van der Waals surface area contributed by atoms with E-state index in [0.29, 0.717) is 6.54 Å². The van der Waals surface area contributed by atoms with Crippen LogP contribution >= 0.6 is 0 Å². The molecule has 0 amide bonds. The maximum Gasteiger partial charge on any atom is 0.148 e. The van der Waals surface area contributed by atoms with Crippen molar-refractivity contribution >= 4 is 9.84 Å². The monoisotopic (exact) mass is 258 g/mol. The maximum atomic E-state index is 11.1. The van der Waals surface area contributed by atoms with Crippen LogP contribution in [0.2, 0.25) is 0 Å². The second-order valence-corrected chi connectivity index (χ2v) is 7.01. The third-order valence-corrected chi connectivity index (χ3v) is 4.18. The van der Waals surface area contributed by atoms with Crippen LogP contribution in [0.4, 0.5) is 0 Å². The number of aromatic nitrogens is 1. The van der Waals surface area contributed by atoms with Gasteiger partial charge in [-0.15, -0.1) is 0 Å². The van der Waals surface area contributed by atoms with Crippen molar-refractivity contribution < 1.29 is 8.42 Å². The fourth-order valence-electron chi connectivity index (χ4n) is 1.91. The Morgan fingerprint density at radius 2 is 2.00 bits per heavy atom. The highest BCUT2D eigenvalue weighted by Gasteiger charge is 2.11. The van der Waals surface area contributed by atoms with Gasteiger partial charge >= 0.3 is 0 Å². The summed E-state index contributed by atoms with van der Waals surface area (Å²) >= 11 is 0. The fraction of sp³-hybridized carbons (Fsp3) is 0.667. The first-order valence-corrected chi connectivity index (χ1v) is 7.79. The number of hydrogen-bond acceptors (Lipinski definition) is 3. The minimum atomic E-state index is -2.91. The molecule has 0 bridgehead atoms. The Hall–Kier alpha value is -0.810. The zero-order valence-corrected chi connectivity index (χ0v) is 12.1. The van der Waals surface area contributed by atoms with Crippen molar-refractivity contribution in [2.45, 2.75) is 33.4 Å². The third kappa shape index (κ3) is 4.16. The summed E-state index contributed by atoms with van der Waals surface area (Å²) in [6.45, 7) is 6.75. The highest BCUT2D eigenvalue weighted by molar-refractivity contribution is 7.90. The zero-order chi connectivity index (χ0) is 13.2. The first-order chi connectivity index (χ1) is 7.70. The van der Waals surface area contributed by atoms with Gasteiger partial charge in [0.25, 0.3) is 0 Å². The number of nitrogens with zero attached hydrogens (tertiary/aromatic N) is 1. The Morgan fingerprint density at radius 1 is 1.41 bits per heavy atom. The number of rotatable bonds is 5. The van der Waals surface area contributed by atoms with Crippen LogP contribution in [0.1, 0.15) is 23.9 Å². The summed E-state index contributed by atoms with van der Waals surface area (Å²) in [5.74, 6) is 0.178. The minimum absolute atomic E-state index is 0.0232. The SMILES string of the molecule is Cc1cc(CNC(C)CS(C)(=O)=O)c(C)n1C.